The number of hydrogen-bond donors (Lipinski definition) is 0. The van der Waals surface area contributed by atoms with Gasteiger partial charge in [-0.2, -0.15) is 0 Å². The molecule has 158 valence electrons. The van der Waals surface area contributed by atoms with Gasteiger partial charge in [-0.15, -0.1) is 0 Å². The molecule has 3 aromatic rings. The highest BCUT2D eigenvalue weighted by Gasteiger charge is 2.26. The molecule has 0 saturated heterocycles. The Labute approximate surface area is 183 Å². The zero-order valence-corrected chi connectivity index (χ0v) is 18.2. The molecule has 3 heterocycles. The third kappa shape index (κ3) is 3.44. The van der Waals surface area contributed by atoms with Crippen LogP contribution < -0.4 is 9.80 Å². The van der Waals surface area contributed by atoms with Crippen LogP contribution in [0.4, 0.5) is 11.4 Å². The highest BCUT2D eigenvalue weighted by atomic mass is 16.3. The van der Waals surface area contributed by atoms with Gasteiger partial charge in [0.05, 0.1) is 37.1 Å². The maximum atomic E-state index is 6.76. The van der Waals surface area contributed by atoms with Crippen molar-refractivity contribution in [1.82, 2.24) is 0 Å². The first-order valence-corrected chi connectivity index (χ1v) is 11.2. The fourth-order valence-corrected chi connectivity index (χ4v) is 4.64. The molecule has 2 aromatic carbocycles. The maximum Gasteiger partial charge on any atom is 0.140 e. The standard InChI is InChI=1S/C26H28N4O/c1-3-19-20(4-2)26(22-10-6-8-12-24(22)30-16-14-28-18-30)31-25(19)21-9-5-7-11-23(21)29-15-13-27-17-29/h5-12,17-18H,3-4,13-16H2,1-2H3. The van der Waals surface area contributed by atoms with Crippen molar-refractivity contribution in [2.75, 3.05) is 36.0 Å². The number of nitrogens with zero attached hydrogens (tertiary/aromatic N) is 4. The number of furan rings is 1. The van der Waals surface area contributed by atoms with Crippen molar-refractivity contribution >= 4 is 24.1 Å². The minimum absolute atomic E-state index is 0.837. The summed E-state index contributed by atoms with van der Waals surface area (Å²) in [6.07, 6.45) is 5.74. The molecule has 0 spiro atoms. The predicted molar refractivity (Wildman–Crippen MR) is 130 cm³/mol. The zero-order valence-electron chi connectivity index (χ0n) is 18.2. The van der Waals surface area contributed by atoms with E-state index in [0.29, 0.717) is 0 Å². The van der Waals surface area contributed by atoms with Crippen LogP contribution in [0.1, 0.15) is 25.0 Å². The summed E-state index contributed by atoms with van der Waals surface area (Å²) in [6.45, 7) is 7.92. The smallest absolute Gasteiger partial charge is 0.140 e. The number of rotatable bonds is 6. The average molecular weight is 413 g/mol. The van der Waals surface area contributed by atoms with Gasteiger partial charge in [0.15, 0.2) is 0 Å². The highest BCUT2D eigenvalue weighted by molar-refractivity contribution is 5.93. The molecule has 0 saturated carbocycles. The van der Waals surface area contributed by atoms with E-state index in [1.165, 1.54) is 11.1 Å². The van der Waals surface area contributed by atoms with Crippen LogP contribution in [0.25, 0.3) is 22.6 Å². The minimum atomic E-state index is 0.837. The van der Waals surface area contributed by atoms with Gasteiger partial charge in [0.2, 0.25) is 0 Å². The van der Waals surface area contributed by atoms with Crippen molar-refractivity contribution in [2.45, 2.75) is 26.7 Å². The Hall–Kier alpha value is -3.34. The first-order chi connectivity index (χ1) is 15.3. The Bertz CT molecular complexity index is 1060. The second-order valence-electron chi connectivity index (χ2n) is 7.89. The molecule has 5 heteroatoms. The Kier molecular flexibility index (Phi) is 5.33. The molecule has 0 aliphatic carbocycles. The summed E-state index contributed by atoms with van der Waals surface area (Å²) in [7, 11) is 0. The summed E-state index contributed by atoms with van der Waals surface area (Å²) in [4.78, 5) is 13.3. The van der Waals surface area contributed by atoms with E-state index in [1.54, 1.807) is 0 Å². The van der Waals surface area contributed by atoms with Gasteiger partial charge in [-0.25, -0.2) is 0 Å². The third-order valence-corrected chi connectivity index (χ3v) is 6.12. The maximum absolute atomic E-state index is 6.76. The lowest BCUT2D eigenvalue weighted by molar-refractivity contribution is 0.592. The van der Waals surface area contributed by atoms with E-state index in [2.05, 4.69) is 82.2 Å². The summed E-state index contributed by atoms with van der Waals surface area (Å²) < 4.78 is 6.76. The molecule has 0 atom stereocenters. The number of para-hydroxylation sites is 2. The summed E-state index contributed by atoms with van der Waals surface area (Å²) in [5, 5.41) is 0. The minimum Gasteiger partial charge on any atom is -0.455 e. The molecule has 0 unspecified atom stereocenters. The predicted octanol–water partition coefficient (Wildman–Crippen LogP) is 5.44. The van der Waals surface area contributed by atoms with Crippen molar-refractivity contribution in [3.8, 4) is 22.6 Å². The van der Waals surface area contributed by atoms with E-state index in [0.717, 1.165) is 73.0 Å². The van der Waals surface area contributed by atoms with Crippen molar-refractivity contribution in [3.05, 3.63) is 59.7 Å². The normalized spacial score (nSPS) is 15.4. The van der Waals surface area contributed by atoms with Crippen LogP contribution in [0.15, 0.2) is 62.9 Å². The van der Waals surface area contributed by atoms with E-state index in [1.807, 2.05) is 12.7 Å². The van der Waals surface area contributed by atoms with E-state index < -0.39 is 0 Å². The fraction of sp³-hybridized carbons (Fsp3) is 0.308. The van der Waals surface area contributed by atoms with Crippen LogP contribution in [0.3, 0.4) is 0 Å². The van der Waals surface area contributed by atoms with Crippen LogP contribution in [-0.4, -0.2) is 38.9 Å². The van der Waals surface area contributed by atoms with E-state index in [4.69, 9.17) is 4.42 Å². The van der Waals surface area contributed by atoms with Gasteiger partial charge in [-0.05, 0) is 37.1 Å². The van der Waals surface area contributed by atoms with Crippen molar-refractivity contribution < 1.29 is 4.42 Å². The van der Waals surface area contributed by atoms with Crippen LogP contribution in [0.2, 0.25) is 0 Å². The molecule has 0 fully saturated rings. The molecule has 2 aliphatic rings. The van der Waals surface area contributed by atoms with Crippen molar-refractivity contribution in [1.29, 1.82) is 0 Å². The highest BCUT2D eigenvalue weighted by Crippen LogP contribution is 2.43. The van der Waals surface area contributed by atoms with Crippen LogP contribution in [0.5, 0.6) is 0 Å². The molecule has 0 amide bonds. The summed E-state index contributed by atoms with van der Waals surface area (Å²) in [5.41, 5.74) is 7.17. The second-order valence-corrected chi connectivity index (χ2v) is 7.89. The Morgan fingerprint density at radius 3 is 1.55 bits per heavy atom. The van der Waals surface area contributed by atoms with Gasteiger partial charge < -0.3 is 14.2 Å². The van der Waals surface area contributed by atoms with Crippen LogP contribution in [0, 0.1) is 0 Å². The monoisotopic (exact) mass is 412 g/mol. The third-order valence-electron chi connectivity index (χ3n) is 6.12. The molecular weight excluding hydrogens is 384 g/mol. The average Bonchev–Trinajstić information content (AvgIpc) is 3.59. The second kappa shape index (κ2) is 8.42. The van der Waals surface area contributed by atoms with Gasteiger partial charge in [0, 0.05) is 35.3 Å². The van der Waals surface area contributed by atoms with E-state index in [-0.39, 0.29) is 0 Å². The lowest BCUT2D eigenvalue weighted by atomic mass is 9.96. The number of hydrogen-bond acceptors (Lipinski definition) is 5. The lowest BCUT2D eigenvalue weighted by Crippen LogP contribution is -2.18. The van der Waals surface area contributed by atoms with Crippen molar-refractivity contribution in [2.24, 2.45) is 9.98 Å². The van der Waals surface area contributed by atoms with Crippen molar-refractivity contribution in [3.63, 3.8) is 0 Å². The number of anilines is 2. The largest absolute Gasteiger partial charge is 0.455 e. The molecule has 0 N–H and O–H groups in total. The molecular formula is C26H28N4O. The van der Waals surface area contributed by atoms with E-state index in [9.17, 15) is 0 Å². The molecule has 1 aromatic heterocycles. The quantitative estimate of drug-likeness (QED) is 0.542. The van der Waals surface area contributed by atoms with Crippen LogP contribution >= 0.6 is 0 Å². The Morgan fingerprint density at radius 1 is 0.710 bits per heavy atom. The first-order valence-electron chi connectivity index (χ1n) is 11.2. The summed E-state index contributed by atoms with van der Waals surface area (Å²) in [5.74, 6) is 1.96. The van der Waals surface area contributed by atoms with Gasteiger partial charge in [0.25, 0.3) is 0 Å². The fourth-order valence-electron chi connectivity index (χ4n) is 4.64. The number of aliphatic imine (C=N–C) groups is 2. The van der Waals surface area contributed by atoms with Gasteiger partial charge in [-0.3, -0.25) is 9.98 Å². The van der Waals surface area contributed by atoms with Crippen LogP contribution in [-0.2, 0) is 12.8 Å². The molecule has 2 aliphatic heterocycles. The molecule has 5 rings (SSSR count). The Morgan fingerprint density at radius 2 is 1.16 bits per heavy atom. The SMILES string of the molecule is CCc1c(-c2ccccc2N2C=NCC2)oc(-c2ccccc2N2C=NCC2)c1CC. The lowest BCUT2D eigenvalue weighted by Gasteiger charge is -2.18. The number of benzene rings is 2. The van der Waals surface area contributed by atoms with Gasteiger partial charge in [-0.1, -0.05) is 38.1 Å². The first kappa shape index (κ1) is 19.6. The molecule has 0 bridgehead atoms. The molecule has 31 heavy (non-hydrogen) atoms. The van der Waals surface area contributed by atoms with Gasteiger partial charge in [0.1, 0.15) is 11.5 Å². The van der Waals surface area contributed by atoms with Gasteiger partial charge >= 0.3 is 0 Å². The Balaban J connectivity index is 1.69. The van der Waals surface area contributed by atoms with E-state index >= 15 is 0 Å². The topological polar surface area (TPSA) is 44.3 Å². The summed E-state index contributed by atoms with van der Waals surface area (Å²) >= 11 is 0. The summed E-state index contributed by atoms with van der Waals surface area (Å²) in [6, 6.07) is 17.0. The zero-order chi connectivity index (χ0) is 21.2. The molecule has 0 radical (unpaired) electrons. The molecule has 5 nitrogen and oxygen atoms in total.